The van der Waals surface area contributed by atoms with Gasteiger partial charge in [0.2, 0.25) is 0 Å². The summed E-state index contributed by atoms with van der Waals surface area (Å²) >= 11 is 1.19. The minimum absolute atomic E-state index is 0.0121. The van der Waals surface area contributed by atoms with E-state index in [1.807, 2.05) is 47.4 Å². The minimum Gasteiger partial charge on any atom is -0.490 e. The maximum absolute atomic E-state index is 13.7. The van der Waals surface area contributed by atoms with E-state index in [2.05, 4.69) is 0 Å². The average Bonchev–Trinajstić information content (AvgIpc) is 3.48. The predicted octanol–water partition coefficient (Wildman–Crippen LogP) is 5.42. The molecule has 0 saturated carbocycles. The highest BCUT2D eigenvalue weighted by Crippen LogP contribution is 2.31. The smallest absolute Gasteiger partial charge is 0.274 e. The number of nitrogens with two attached hydrogens (primary N) is 1. The molecule has 0 atom stereocenters. The lowest BCUT2D eigenvalue weighted by Gasteiger charge is -2.33. The number of ether oxygens (including phenoxy) is 1. The van der Waals surface area contributed by atoms with Gasteiger partial charge in [-0.1, -0.05) is 30.3 Å². The fourth-order valence-electron chi connectivity index (χ4n) is 4.75. The molecule has 0 unspecified atom stereocenters. The molecule has 1 saturated heterocycles. The first-order valence-electron chi connectivity index (χ1n) is 12.7. The molecule has 0 aliphatic carbocycles. The molecule has 4 aromatic rings. The summed E-state index contributed by atoms with van der Waals surface area (Å²) in [5.74, 6) is 1.26. The SMILES string of the molecule is CC(=N)N1CCC(Oc2ccc(N(Cc3ccc4ccc(C(=N)N)cc4c3)S(=O)(=O)c3cccs3)cc2)CC1. The van der Waals surface area contributed by atoms with Crippen molar-refractivity contribution in [2.45, 2.75) is 36.6 Å². The van der Waals surface area contributed by atoms with Gasteiger partial charge >= 0.3 is 0 Å². The second-order valence-electron chi connectivity index (χ2n) is 9.64. The number of piperidine rings is 1. The van der Waals surface area contributed by atoms with Crippen LogP contribution in [0, 0.1) is 10.8 Å². The number of nitrogen functional groups attached to an aromatic ring is 1. The first-order chi connectivity index (χ1) is 18.7. The zero-order chi connectivity index (χ0) is 27.6. The summed E-state index contributed by atoms with van der Waals surface area (Å²) in [4.78, 5) is 2.05. The van der Waals surface area contributed by atoms with Crippen molar-refractivity contribution < 1.29 is 13.2 Å². The van der Waals surface area contributed by atoms with Crippen molar-refractivity contribution in [3.05, 3.63) is 89.3 Å². The van der Waals surface area contributed by atoms with Crippen LogP contribution in [0.3, 0.4) is 0 Å². The van der Waals surface area contributed by atoms with Crippen molar-refractivity contribution in [2.75, 3.05) is 17.4 Å². The van der Waals surface area contributed by atoms with Gasteiger partial charge in [-0.3, -0.25) is 15.1 Å². The normalized spacial score (nSPS) is 14.3. The number of sulfonamides is 1. The first kappa shape index (κ1) is 26.7. The number of anilines is 1. The summed E-state index contributed by atoms with van der Waals surface area (Å²) < 4.78 is 35.3. The Hall–Kier alpha value is -3.89. The van der Waals surface area contributed by atoms with E-state index in [0.29, 0.717) is 22.8 Å². The molecule has 10 heteroatoms. The second-order valence-corrected chi connectivity index (χ2v) is 12.7. The Balaban J connectivity index is 1.41. The highest BCUT2D eigenvalue weighted by atomic mass is 32.2. The molecule has 5 rings (SSSR count). The Morgan fingerprint density at radius 3 is 2.38 bits per heavy atom. The third kappa shape index (κ3) is 5.91. The molecular weight excluding hydrogens is 530 g/mol. The summed E-state index contributed by atoms with van der Waals surface area (Å²) in [6, 6.07) is 21.9. The van der Waals surface area contributed by atoms with Crippen LogP contribution in [0.1, 0.15) is 30.9 Å². The molecule has 3 aromatic carbocycles. The third-order valence-corrected chi connectivity index (χ3v) is 10.1. The Morgan fingerprint density at radius 2 is 1.74 bits per heavy atom. The fraction of sp³-hybridized carbons (Fsp3) is 0.241. The Labute approximate surface area is 232 Å². The summed E-state index contributed by atoms with van der Waals surface area (Å²) in [6.45, 7) is 3.54. The zero-order valence-electron chi connectivity index (χ0n) is 21.6. The molecule has 4 N–H and O–H groups in total. The lowest BCUT2D eigenvalue weighted by molar-refractivity contribution is 0.130. The largest absolute Gasteiger partial charge is 0.490 e. The van der Waals surface area contributed by atoms with E-state index >= 15 is 0 Å². The van der Waals surface area contributed by atoms with Crippen LogP contribution in [0.2, 0.25) is 0 Å². The Kier molecular flexibility index (Phi) is 7.58. The van der Waals surface area contributed by atoms with Crippen LogP contribution >= 0.6 is 11.3 Å². The van der Waals surface area contributed by atoms with E-state index in [1.165, 1.54) is 15.6 Å². The summed E-state index contributed by atoms with van der Waals surface area (Å²) in [5.41, 5.74) is 7.66. The van der Waals surface area contributed by atoms with Crippen LogP contribution in [0.25, 0.3) is 10.8 Å². The number of amidine groups is 2. The predicted molar refractivity (Wildman–Crippen MR) is 158 cm³/mol. The van der Waals surface area contributed by atoms with Gasteiger partial charge in [-0.2, -0.15) is 0 Å². The first-order valence-corrected chi connectivity index (χ1v) is 15.0. The van der Waals surface area contributed by atoms with Gasteiger partial charge in [0.1, 0.15) is 21.9 Å². The standard InChI is InChI=1S/C29H31N5O3S2/c1-20(30)33-14-12-27(13-15-33)37-26-10-8-25(9-11-26)34(39(35,36)28-3-2-16-38-28)19-21-4-5-22-6-7-23(29(31)32)18-24(22)17-21/h2-11,16-18,27,30H,12-15,19H2,1H3,(H3,31,32). The molecule has 0 spiro atoms. The van der Waals surface area contributed by atoms with Gasteiger partial charge in [0.25, 0.3) is 10.0 Å². The van der Waals surface area contributed by atoms with Crippen LogP contribution < -0.4 is 14.8 Å². The van der Waals surface area contributed by atoms with Gasteiger partial charge < -0.3 is 15.4 Å². The van der Waals surface area contributed by atoms with Gasteiger partial charge in [0.05, 0.1) is 18.1 Å². The van der Waals surface area contributed by atoms with Crippen LogP contribution in [-0.2, 0) is 16.6 Å². The molecule has 8 nitrogen and oxygen atoms in total. The maximum atomic E-state index is 13.7. The molecule has 0 radical (unpaired) electrons. The molecule has 1 aliphatic heterocycles. The van der Waals surface area contributed by atoms with Crippen molar-refractivity contribution in [2.24, 2.45) is 5.73 Å². The zero-order valence-corrected chi connectivity index (χ0v) is 23.3. The van der Waals surface area contributed by atoms with Gasteiger partial charge in [0.15, 0.2) is 0 Å². The number of nitrogens with zero attached hydrogens (tertiary/aromatic N) is 2. The average molecular weight is 562 g/mol. The number of hydrogen-bond donors (Lipinski definition) is 3. The monoisotopic (exact) mass is 561 g/mol. The number of rotatable bonds is 8. The van der Waals surface area contributed by atoms with Crippen molar-refractivity contribution in [3.63, 3.8) is 0 Å². The molecule has 202 valence electrons. The molecule has 1 fully saturated rings. The highest BCUT2D eigenvalue weighted by molar-refractivity contribution is 7.94. The van der Waals surface area contributed by atoms with Crippen molar-refractivity contribution in [1.29, 1.82) is 10.8 Å². The third-order valence-electron chi connectivity index (χ3n) is 6.93. The van der Waals surface area contributed by atoms with E-state index in [-0.39, 0.29) is 22.7 Å². The lowest BCUT2D eigenvalue weighted by atomic mass is 10.0. The number of likely N-dealkylation sites (tertiary alicyclic amines) is 1. The van der Waals surface area contributed by atoms with Crippen LogP contribution in [0.4, 0.5) is 5.69 Å². The van der Waals surface area contributed by atoms with E-state index in [4.69, 9.17) is 21.3 Å². The number of nitrogens with one attached hydrogen (secondary N) is 2. The van der Waals surface area contributed by atoms with Crippen molar-refractivity contribution in [3.8, 4) is 5.75 Å². The van der Waals surface area contributed by atoms with E-state index in [1.54, 1.807) is 42.6 Å². The molecule has 2 heterocycles. The number of fused-ring (bicyclic) bond motifs is 1. The molecule has 1 aliphatic rings. The van der Waals surface area contributed by atoms with Gasteiger partial charge in [0, 0.05) is 31.5 Å². The molecule has 0 bridgehead atoms. The fourth-order valence-corrected chi connectivity index (χ4v) is 7.31. The van der Waals surface area contributed by atoms with Crippen LogP contribution in [0.15, 0.2) is 82.4 Å². The lowest BCUT2D eigenvalue weighted by Crippen LogP contribution is -2.40. The van der Waals surface area contributed by atoms with E-state index in [9.17, 15) is 8.42 Å². The quantitative estimate of drug-likeness (QED) is 0.196. The minimum atomic E-state index is -3.81. The molecular formula is C29H31N5O3S2. The second kappa shape index (κ2) is 11.1. The van der Waals surface area contributed by atoms with Gasteiger partial charge in [-0.05, 0) is 71.1 Å². The van der Waals surface area contributed by atoms with Crippen molar-refractivity contribution >= 4 is 49.5 Å². The van der Waals surface area contributed by atoms with Gasteiger partial charge in [-0.15, -0.1) is 11.3 Å². The van der Waals surface area contributed by atoms with E-state index < -0.39 is 10.0 Å². The summed E-state index contributed by atoms with van der Waals surface area (Å²) in [7, 11) is -3.81. The van der Waals surface area contributed by atoms with E-state index in [0.717, 1.165) is 42.3 Å². The molecule has 39 heavy (non-hydrogen) atoms. The Bertz CT molecular complexity index is 1590. The topological polar surface area (TPSA) is 124 Å². The van der Waals surface area contributed by atoms with Crippen LogP contribution in [-0.4, -0.2) is 44.2 Å². The number of hydrogen-bond acceptors (Lipinski definition) is 6. The summed E-state index contributed by atoms with van der Waals surface area (Å²) in [5, 5.41) is 19.2. The van der Waals surface area contributed by atoms with Crippen molar-refractivity contribution in [1.82, 2.24) is 4.90 Å². The highest BCUT2D eigenvalue weighted by Gasteiger charge is 2.27. The van der Waals surface area contributed by atoms with Crippen LogP contribution in [0.5, 0.6) is 5.75 Å². The number of thiophene rings is 1. The summed E-state index contributed by atoms with van der Waals surface area (Å²) in [6.07, 6.45) is 1.74. The molecule has 1 aromatic heterocycles. The Morgan fingerprint density at radius 1 is 1.03 bits per heavy atom. The number of benzene rings is 3. The molecule has 0 amide bonds. The van der Waals surface area contributed by atoms with Gasteiger partial charge in [-0.25, -0.2) is 8.42 Å². The maximum Gasteiger partial charge on any atom is 0.274 e.